The van der Waals surface area contributed by atoms with Gasteiger partial charge in [0.25, 0.3) is 0 Å². The van der Waals surface area contributed by atoms with Gasteiger partial charge < -0.3 is 10.7 Å². The van der Waals surface area contributed by atoms with Crippen LogP contribution in [0.2, 0.25) is 0 Å². The number of nitrogens with zero attached hydrogens (tertiary/aromatic N) is 1. The third kappa shape index (κ3) is 2.25. The summed E-state index contributed by atoms with van der Waals surface area (Å²) in [5.41, 5.74) is 8.17. The highest BCUT2D eigenvalue weighted by molar-refractivity contribution is 9.10. The molecule has 1 aromatic carbocycles. The van der Waals surface area contributed by atoms with Crippen LogP contribution in [0.25, 0.3) is 11.0 Å². The van der Waals surface area contributed by atoms with Crippen molar-refractivity contribution in [2.24, 2.45) is 0 Å². The zero-order chi connectivity index (χ0) is 14.3. The number of benzene rings is 1. The third-order valence-electron chi connectivity index (χ3n) is 3.00. The Bertz CT molecular complexity index is 826. The number of H-pyrrole nitrogens is 1. The third-order valence-corrected chi connectivity index (χ3v) is 4.16. The van der Waals surface area contributed by atoms with Gasteiger partial charge in [-0.05, 0) is 56.1 Å². The number of halogens is 2. The summed E-state index contributed by atoms with van der Waals surface area (Å²) in [4.78, 5) is 19.8. The molecule has 0 saturated heterocycles. The number of carbonyl (C=O) groups is 1. The Hall–Kier alpha value is -1.66. The number of nitrogen functional groups attached to an aromatic ring is 1. The number of aromatic nitrogens is 2. The Labute approximate surface area is 131 Å². The fraction of sp³-hybridized carbons (Fsp3) is 0. The van der Waals surface area contributed by atoms with Gasteiger partial charge in [-0.2, -0.15) is 0 Å². The van der Waals surface area contributed by atoms with Crippen molar-refractivity contribution in [1.82, 2.24) is 9.97 Å². The molecule has 2 heterocycles. The summed E-state index contributed by atoms with van der Waals surface area (Å²) in [5, 5.41) is 0.783. The number of nitrogens with two attached hydrogens (primary N) is 1. The number of aromatic amines is 1. The van der Waals surface area contributed by atoms with Gasteiger partial charge in [-0.15, -0.1) is 0 Å². The van der Waals surface area contributed by atoms with Crippen LogP contribution in [0.1, 0.15) is 15.9 Å². The van der Waals surface area contributed by atoms with E-state index in [1.165, 1.54) is 0 Å². The van der Waals surface area contributed by atoms with Crippen molar-refractivity contribution >= 4 is 54.4 Å². The van der Waals surface area contributed by atoms with E-state index >= 15 is 0 Å². The van der Waals surface area contributed by atoms with Crippen LogP contribution in [-0.2, 0) is 0 Å². The topological polar surface area (TPSA) is 71.8 Å². The molecule has 2 aromatic heterocycles. The average Bonchev–Trinajstić information content (AvgIpc) is 2.84. The van der Waals surface area contributed by atoms with Crippen LogP contribution in [0.15, 0.2) is 45.6 Å². The first-order chi connectivity index (χ1) is 9.56. The van der Waals surface area contributed by atoms with E-state index in [0.29, 0.717) is 22.5 Å². The summed E-state index contributed by atoms with van der Waals surface area (Å²) in [7, 11) is 0. The largest absolute Gasteiger partial charge is 0.398 e. The Morgan fingerprint density at radius 2 is 2.05 bits per heavy atom. The minimum Gasteiger partial charge on any atom is -0.398 e. The maximum Gasteiger partial charge on any atom is 0.195 e. The van der Waals surface area contributed by atoms with E-state index in [-0.39, 0.29) is 5.78 Å². The van der Waals surface area contributed by atoms with Gasteiger partial charge in [-0.25, -0.2) is 4.98 Å². The molecule has 3 N–H and O–H groups in total. The molecule has 100 valence electrons. The van der Waals surface area contributed by atoms with Crippen LogP contribution in [0.5, 0.6) is 0 Å². The molecule has 3 rings (SSSR count). The van der Waals surface area contributed by atoms with E-state index in [9.17, 15) is 4.79 Å². The number of anilines is 1. The van der Waals surface area contributed by atoms with Gasteiger partial charge in [0.2, 0.25) is 0 Å². The van der Waals surface area contributed by atoms with Crippen LogP contribution in [0, 0.1) is 0 Å². The number of nitrogens with one attached hydrogen (secondary N) is 1. The van der Waals surface area contributed by atoms with Crippen LogP contribution in [0.3, 0.4) is 0 Å². The van der Waals surface area contributed by atoms with Gasteiger partial charge in [-0.1, -0.05) is 0 Å². The summed E-state index contributed by atoms with van der Waals surface area (Å²) in [6, 6.07) is 7.05. The quantitative estimate of drug-likeness (QED) is 0.511. The van der Waals surface area contributed by atoms with Crippen molar-refractivity contribution in [1.29, 1.82) is 0 Å². The lowest BCUT2D eigenvalue weighted by Crippen LogP contribution is -2.01. The Morgan fingerprint density at radius 1 is 1.25 bits per heavy atom. The van der Waals surface area contributed by atoms with Gasteiger partial charge in [-0.3, -0.25) is 4.79 Å². The van der Waals surface area contributed by atoms with Crippen molar-refractivity contribution in [2.75, 3.05) is 5.73 Å². The summed E-state index contributed by atoms with van der Waals surface area (Å²) < 4.78 is 1.60. The van der Waals surface area contributed by atoms with E-state index in [4.69, 9.17) is 5.73 Å². The first-order valence-corrected chi connectivity index (χ1v) is 7.37. The Balaban J connectivity index is 2.12. The molecule has 0 unspecified atom stereocenters. The second-order valence-electron chi connectivity index (χ2n) is 4.32. The molecule has 0 atom stereocenters. The second kappa shape index (κ2) is 5.03. The van der Waals surface area contributed by atoms with Crippen LogP contribution in [-0.4, -0.2) is 15.8 Å². The number of ketones is 1. The average molecular weight is 395 g/mol. The van der Waals surface area contributed by atoms with Crippen molar-refractivity contribution in [3.8, 4) is 0 Å². The SMILES string of the molecule is Nc1cc(C(=O)c2c[nH]c3ncc(Br)cc23)ccc1Br. The molecule has 0 amide bonds. The summed E-state index contributed by atoms with van der Waals surface area (Å²) in [5.74, 6) is -0.0876. The van der Waals surface area contributed by atoms with E-state index < -0.39 is 0 Å². The number of hydrogen-bond acceptors (Lipinski definition) is 3. The first kappa shape index (κ1) is 13.3. The molecule has 0 aliphatic carbocycles. The monoisotopic (exact) mass is 393 g/mol. The standard InChI is InChI=1S/C14H9Br2N3O/c15-8-4-9-10(6-19-14(9)18-5-8)13(20)7-1-2-11(16)12(17)3-7/h1-6H,17H2,(H,18,19). The molecule has 0 fully saturated rings. The molecule has 0 radical (unpaired) electrons. The molecule has 4 nitrogen and oxygen atoms in total. The molecular weight excluding hydrogens is 386 g/mol. The molecule has 0 aliphatic rings. The highest BCUT2D eigenvalue weighted by Crippen LogP contribution is 2.25. The maximum atomic E-state index is 12.6. The van der Waals surface area contributed by atoms with Crippen molar-refractivity contribution in [3.63, 3.8) is 0 Å². The molecule has 0 bridgehead atoms. The maximum absolute atomic E-state index is 12.6. The van der Waals surface area contributed by atoms with Crippen LogP contribution < -0.4 is 5.73 Å². The fourth-order valence-electron chi connectivity index (χ4n) is 2.01. The smallest absolute Gasteiger partial charge is 0.195 e. The molecule has 0 aliphatic heterocycles. The molecule has 0 spiro atoms. The number of rotatable bonds is 2. The molecule has 6 heteroatoms. The van der Waals surface area contributed by atoms with E-state index in [2.05, 4.69) is 41.8 Å². The molecule has 3 aromatic rings. The van der Waals surface area contributed by atoms with Gasteiger partial charge >= 0.3 is 0 Å². The van der Waals surface area contributed by atoms with E-state index in [1.807, 2.05) is 6.07 Å². The van der Waals surface area contributed by atoms with Crippen molar-refractivity contribution < 1.29 is 4.79 Å². The predicted molar refractivity (Wildman–Crippen MR) is 85.8 cm³/mol. The summed E-state index contributed by atoms with van der Waals surface area (Å²) in [6.07, 6.45) is 3.36. The first-order valence-electron chi connectivity index (χ1n) is 5.78. The van der Waals surface area contributed by atoms with E-state index in [0.717, 1.165) is 14.3 Å². The van der Waals surface area contributed by atoms with Crippen molar-refractivity contribution in [3.05, 3.63) is 56.7 Å². The molecule has 0 saturated carbocycles. The van der Waals surface area contributed by atoms with Gasteiger partial charge in [0.15, 0.2) is 5.78 Å². The van der Waals surface area contributed by atoms with Crippen LogP contribution in [0.4, 0.5) is 5.69 Å². The zero-order valence-corrected chi connectivity index (χ0v) is 13.3. The second-order valence-corrected chi connectivity index (χ2v) is 6.09. The minimum atomic E-state index is -0.0876. The Kier molecular flexibility index (Phi) is 3.35. The van der Waals surface area contributed by atoms with Crippen LogP contribution >= 0.6 is 31.9 Å². The highest BCUT2D eigenvalue weighted by atomic mass is 79.9. The zero-order valence-electron chi connectivity index (χ0n) is 10.2. The fourth-order valence-corrected chi connectivity index (χ4v) is 2.58. The van der Waals surface area contributed by atoms with E-state index in [1.54, 1.807) is 30.6 Å². The highest BCUT2D eigenvalue weighted by Gasteiger charge is 2.15. The minimum absolute atomic E-state index is 0.0876. The normalized spacial score (nSPS) is 10.9. The van der Waals surface area contributed by atoms with Gasteiger partial charge in [0.1, 0.15) is 5.65 Å². The van der Waals surface area contributed by atoms with Gasteiger partial charge in [0, 0.05) is 43.5 Å². The van der Waals surface area contributed by atoms with Crippen molar-refractivity contribution in [2.45, 2.75) is 0 Å². The summed E-state index contributed by atoms with van der Waals surface area (Å²) >= 11 is 6.68. The van der Waals surface area contributed by atoms with Gasteiger partial charge in [0.05, 0.1) is 0 Å². The predicted octanol–water partition coefficient (Wildman–Crippen LogP) is 3.90. The Morgan fingerprint density at radius 3 is 2.80 bits per heavy atom. The molecule has 20 heavy (non-hydrogen) atoms. The number of carbonyl (C=O) groups excluding carboxylic acids is 1. The lowest BCUT2D eigenvalue weighted by molar-refractivity contribution is 0.104. The lowest BCUT2D eigenvalue weighted by Gasteiger charge is -2.03. The number of hydrogen-bond donors (Lipinski definition) is 2. The summed E-state index contributed by atoms with van der Waals surface area (Å²) in [6.45, 7) is 0. The number of pyridine rings is 1. The molecular formula is C14H9Br2N3O. The number of fused-ring (bicyclic) bond motifs is 1. The lowest BCUT2D eigenvalue weighted by atomic mass is 10.0.